The summed E-state index contributed by atoms with van der Waals surface area (Å²) < 4.78 is 19.3. The number of likely N-dealkylation sites (N-methyl/N-ethyl adjacent to an activating group) is 1. The predicted octanol–water partition coefficient (Wildman–Crippen LogP) is 2.61. The molecule has 27 heavy (non-hydrogen) atoms. The SMILES string of the molecule is CCN1CCN(Cc2cc(C(=O)N(CC)Cc3ccccc3F)no2)CC1. The second-order valence-corrected chi connectivity index (χ2v) is 6.80. The molecule has 0 atom stereocenters. The lowest BCUT2D eigenvalue weighted by Crippen LogP contribution is -2.45. The molecule has 146 valence electrons. The Labute approximate surface area is 159 Å². The van der Waals surface area contributed by atoms with Gasteiger partial charge in [0.25, 0.3) is 5.91 Å². The summed E-state index contributed by atoms with van der Waals surface area (Å²) in [4.78, 5) is 19.0. The van der Waals surface area contributed by atoms with Gasteiger partial charge in [-0.1, -0.05) is 30.3 Å². The van der Waals surface area contributed by atoms with Gasteiger partial charge in [-0.25, -0.2) is 4.39 Å². The van der Waals surface area contributed by atoms with Crippen LogP contribution in [0.15, 0.2) is 34.9 Å². The fourth-order valence-electron chi connectivity index (χ4n) is 3.29. The molecule has 1 amide bonds. The van der Waals surface area contributed by atoms with Crippen LogP contribution in [0, 0.1) is 5.82 Å². The fraction of sp³-hybridized carbons (Fsp3) is 0.500. The molecule has 0 N–H and O–H groups in total. The molecule has 0 saturated carbocycles. The number of aromatic nitrogens is 1. The van der Waals surface area contributed by atoms with Crippen molar-refractivity contribution in [2.24, 2.45) is 0 Å². The number of piperazine rings is 1. The first-order valence-electron chi connectivity index (χ1n) is 9.53. The minimum Gasteiger partial charge on any atom is -0.359 e. The normalized spacial score (nSPS) is 15.8. The highest BCUT2D eigenvalue weighted by Crippen LogP contribution is 2.15. The van der Waals surface area contributed by atoms with E-state index in [0.29, 0.717) is 24.4 Å². The monoisotopic (exact) mass is 374 g/mol. The zero-order valence-corrected chi connectivity index (χ0v) is 16.0. The molecular weight excluding hydrogens is 347 g/mol. The van der Waals surface area contributed by atoms with Crippen LogP contribution in [-0.2, 0) is 13.1 Å². The van der Waals surface area contributed by atoms with Crippen LogP contribution in [0.3, 0.4) is 0 Å². The van der Waals surface area contributed by atoms with Crippen molar-refractivity contribution in [2.45, 2.75) is 26.9 Å². The van der Waals surface area contributed by atoms with E-state index >= 15 is 0 Å². The molecule has 2 aromatic rings. The first kappa shape index (κ1) is 19.5. The molecule has 1 saturated heterocycles. The van der Waals surface area contributed by atoms with Gasteiger partial charge < -0.3 is 14.3 Å². The second kappa shape index (κ2) is 9.10. The second-order valence-electron chi connectivity index (χ2n) is 6.80. The number of halogens is 1. The van der Waals surface area contributed by atoms with Crippen LogP contribution in [0.25, 0.3) is 0 Å². The Morgan fingerprint density at radius 2 is 1.89 bits per heavy atom. The molecule has 6 nitrogen and oxygen atoms in total. The Hall–Kier alpha value is -2.25. The Balaban J connectivity index is 1.61. The number of carbonyl (C=O) groups excluding carboxylic acids is 1. The summed E-state index contributed by atoms with van der Waals surface area (Å²) in [5.41, 5.74) is 0.764. The van der Waals surface area contributed by atoms with Gasteiger partial charge >= 0.3 is 0 Å². The number of nitrogens with zero attached hydrogens (tertiary/aromatic N) is 4. The molecule has 1 fully saturated rings. The molecule has 0 unspecified atom stereocenters. The first-order valence-corrected chi connectivity index (χ1v) is 9.53. The molecule has 0 bridgehead atoms. The largest absolute Gasteiger partial charge is 0.359 e. The quantitative estimate of drug-likeness (QED) is 0.746. The summed E-state index contributed by atoms with van der Waals surface area (Å²) in [6.07, 6.45) is 0. The number of hydrogen-bond donors (Lipinski definition) is 0. The zero-order valence-electron chi connectivity index (χ0n) is 16.0. The maximum Gasteiger partial charge on any atom is 0.276 e. The lowest BCUT2D eigenvalue weighted by molar-refractivity contribution is 0.0740. The maximum absolute atomic E-state index is 13.9. The van der Waals surface area contributed by atoms with Gasteiger partial charge in [0.05, 0.1) is 6.54 Å². The molecule has 0 aliphatic carbocycles. The van der Waals surface area contributed by atoms with Gasteiger partial charge in [-0.15, -0.1) is 0 Å². The van der Waals surface area contributed by atoms with Crippen LogP contribution in [0.2, 0.25) is 0 Å². The highest BCUT2D eigenvalue weighted by atomic mass is 19.1. The average Bonchev–Trinajstić information content (AvgIpc) is 3.16. The van der Waals surface area contributed by atoms with Crippen LogP contribution in [0.4, 0.5) is 4.39 Å². The van der Waals surface area contributed by atoms with Gasteiger partial charge in [0.15, 0.2) is 11.5 Å². The van der Waals surface area contributed by atoms with Crippen molar-refractivity contribution in [1.82, 2.24) is 19.9 Å². The number of amides is 1. The lowest BCUT2D eigenvalue weighted by Gasteiger charge is -2.33. The van der Waals surface area contributed by atoms with Crippen molar-refractivity contribution in [2.75, 3.05) is 39.3 Å². The van der Waals surface area contributed by atoms with E-state index in [0.717, 1.165) is 32.7 Å². The number of benzene rings is 1. The number of rotatable bonds is 7. The Morgan fingerprint density at radius 1 is 1.19 bits per heavy atom. The summed E-state index contributed by atoms with van der Waals surface area (Å²) in [5.74, 6) is 0.132. The fourth-order valence-corrected chi connectivity index (χ4v) is 3.29. The summed E-state index contributed by atoms with van der Waals surface area (Å²) in [7, 11) is 0. The van der Waals surface area contributed by atoms with Gasteiger partial charge in [0.2, 0.25) is 0 Å². The summed E-state index contributed by atoms with van der Waals surface area (Å²) >= 11 is 0. The molecule has 7 heteroatoms. The van der Waals surface area contributed by atoms with Crippen molar-refractivity contribution >= 4 is 5.91 Å². The highest BCUT2D eigenvalue weighted by molar-refractivity contribution is 5.92. The van der Waals surface area contributed by atoms with Gasteiger partial charge in [-0.3, -0.25) is 9.69 Å². The smallest absolute Gasteiger partial charge is 0.276 e. The van der Waals surface area contributed by atoms with E-state index in [2.05, 4.69) is 21.9 Å². The lowest BCUT2D eigenvalue weighted by atomic mass is 10.2. The van der Waals surface area contributed by atoms with Crippen LogP contribution in [-0.4, -0.2) is 65.0 Å². The third kappa shape index (κ3) is 4.93. The van der Waals surface area contributed by atoms with Crippen molar-refractivity contribution in [1.29, 1.82) is 0 Å². The van der Waals surface area contributed by atoms with Crippen molar-refractivity contribution < 1.29 is 13.7 Å². The molecule has 1 aliphatic heterocycles. The summed E-state index contributed by atoms with van der Waals surface area (Å²) in [6, 6.07) is 8.21. The standard InChI is InChI=1S/C20H27FN4O2/c1-3-23-9-11-24(12-10-23)15-17-13-19(22-27-17)20(26)25(4-2)14-16-7-5-6-8-18(16)21/h5-8,13H,3-4,9-12,14-15H2,1-2H3. The van der Waals surface area contributed by atoms with Crippen LogP contribution >= 0.6 is 0 Å². The molecule has 0 spiro atoms. The summed E-state index contributed by atoms with van der Waals surface area (Å²) in [5, 5.41) is 3.95. The highest BCUT2D eigenvalue weighted by Gasteiger charge is 2.22. The Kier molecular flexibility index (Phi) is 6.58. The molecular formula is C20H27FN4O2. The van der Waals surface area contributed by atoms with E-state index < -0.39 is 0 Å². The Morgan fingerprint density at radius 3 is 2.56 bits per heavy atom. The topological polar surface area (TPSA) is 52.8 Å². The Bertz CT molecular complexity index is 756. The molecule has 2 heterocycles. The zero-order chi connectivity index (χ0) is 19.2. The number of hydrogen-bond acceptors (Lipinski definition) is 5. The van der Waals surface area contributed by atoms with Gasteiger partial charge in [0.1, 0.15) is 5.82 Å². The van der Waals surface area contributed by atoms with Crippen molar-refractivity contribution in [3.8, 4) is 0 Å². The molecule has 3 rings (SSSR count). The van der Waals surface area contributed by atoms with Crippen molar-refractivity contribution in [3.63, 3.8) is 0 Å². The van der Waals surface area contributed by atoms with E-state index in [1.807, 2.05) is 6.92 Å². The number of carbonyl (C=O) groups is 1. The van der Waals surface area contributed by atoms with E-state index in [4.69, 9.17) is 4.52 Å². The molecule has 1 aliphatic rings. The van der Waals surface area contributed by atoms with Gasteiger partial charge in [-0.2, -0.15) is 0 Å². The van der Waals surface area contributed by atoms with E-state index in [-0.39, 0.29) is 24.0 Å². The molecule has 0 radical (unpaired) electrons. The van der Waals surface area contributed by atoms with Crippen LogP contribution in [0.1, 0.15) is 35.7 Å². The first-order chi connectivity index (χ1) is 13.1. The van der Waals surface area contributed by atoms with Gasteiger partial charge in [-0.05, 0) is 19.5 Å². The van der Waals surface area contributed by atoms with Crippen LogP contribution in [0.5, 0.6) is 0 Å². The third-order valence-electron chi connectivity index (χ3n) is 5.06. The summed E-state index contributed by atoms with van der Waals surface area (Å²) in [6.45, 7) is 10.5. The van der Waals surface area contributed by atoms with E-state index in [9.17, 15) is 9.18 Å². The molecule has 1 aromatic heterocycles. The van der Waals surface area contributed by atoms with E-state index in [1.165, 1.54) is 6.07 Å². The van der Waals surface area contributed by atoms with Crippen molar-refractivity contribution in [3.05, 3.63) is 53.2 Å². The maximum atomic E-state index is 13.9. The minimum absolute atomic E-state index is 0.211. The average molecular weight is 374 g/mol. The van der Waals surface area contributed by atoms with Crippen LogP contribution < -0.4 is 0 Å². The van der Waals surface area contributed by atoms with Gasteiger partial charge in [0, 0.05) is 50.9 Å². The predicted molar refractivity (Wildman–Crippen MR) is 101 cm³/mol. The van der Waals surface area contributed by atoms with E-state index in [1.54, 1.807) is 29.2 Å². The minimum atomic E-state index is -0.309. The molecule has 1 aromatic carbocycles. The third-order valence-corrected chi connectivity index (χ3v) is 5.06.